The Bertz CT molecular complexity index is 503. The molecule has 0 aliphatic heterocycles. The minimum absolute atomic E-state index is 0.101. The molecular weight excluding hydrogens is 266 g/mol. The van der Waals surface area contributed by atoms with Gasteiger partial charge in [0.1, 0.15) is 12.2 Å². The first kappa shape index (κ1) is 15.9. The third-order valence-electron chi connectivity index (χ3n) is 2.58. The van der Waals surface area contributed by atoms with Crippen molar-refractivity contribution in [3.63, 3.8) is 0 Å². The zero-order chi connectivity index (χ0) is 15.1. The number of hydrogen-bond donors (Lipinski definition) is 0. The van der Waals surface area contributed by atoms with Gasteiger partial charge in [-0.3, -0.25) is 4.79 Å². The molecule has 0 heterocycles. The van der Waals surface area contributed by atoms with Crippen molar-refractivity contribution in [2.45, 2.75) is 20.3 Å². The highest BCUT2D eigenvalue weighted by Crippen LogP contribution is 2.25. The number of ether oxygens (including phenoxy) is 1. The zero-order valence-corrected chi connectivity index (χ0v) is 11.4. The molecule has 0 N–H and O–H groups in total. The second-order valence-electron chi connectivity index (χ2n) is 4.13. The van der Waals surface area contributed by atoms with E-state index in [1.165, 1.54) is 4.90 Å². The van der Waals surface area contributed by atoms with Gasteiger partial charge in [0.25, 0.3) is 0 Å². The highest BCUT2D eigenvalue weighted by atomic mass is 19.1. The SMILES string of the molecule is CCCN(CC(=O)OCC)c1c(F)cc(C#N)cc1F. The van der Waals surface area contributed by atoms with Gasteiger partial charge in [-0.15, -0.1) is 0 Å². The number of hydrogen-bond acceptors (Lipinski definition) is 4. The lowest BCUT2D eigenvalue weighted by atomic mass is 10.1. The lowest BCUT2D eigenvalue weighted by Crippen LogP contribution is -2.33. The average Bonchev–Trinajstić information content (AvgIpc) is 2.38. The Morgan fingerprint density at radius 1 is 1.35 bits per heavy atom. The highest BCUT2D eigenvalue weighted by molar-refractivity contribution is 5.76. The van der Waals surface area contributed by atoms with Crippen LogP contribution in [0.2, 0.25) is 0 Å². The molecule has 108 valence electrons. The Kier molecular flexibility index (Phi) is 5.91. The van der Waals surface area contributed by atoms with Crippen molar-refractivity contribution >= 4 is 11.7 Å². The number of anilines is 1. The number of rotatable bonds is 6. The summed E-state index contributed by atoms with van der Waals surface area (Å²) in [5.41, 5.74) is -0.407. The minimum Gasteiger partial charge on any atom is -0.465 e. The lowest BCUT2D eigenvalue weighted by Gasteiger charge is -2.24. The van der Waals surface area contributed by atoms with E-state index in [0.29, 0.717) is 13.0 Å². The number of carbonyl (C=O) groups excluding carboxylic acids is 1. The van der Waals surface area contributed by atoms with Crippen LogP contribution in [-0.4, -0.2) is 25.7 Å². The molecular formula is C14H16F2N2O2. The number of esters is 1. The number of carbonyl (C=O) groups is 1. The fourth-order valence-corrected chi connectivity index (χ4v) is 1.83. The first-order valence-corrected chi connectivity index (χ1v) is 6.33. The molecule has 6 heteroatoms. The molecule has 0 saturated carbocycles. The standard InChI is InChI=1S/C14H16F2N2O2/c1-3-5-18(9-13(19)20-4-2)14-11(15)6-10(8-17)7-12(14)16/h6-7H,3-5,9H2,1-2H3. The number of nitriles is 1. The Hall–Kier alpha value is -2.16. The largest absolute Gasteiger partial charge is 0.465 e. The molecule has 0 bridgehead atoms. The van der Waals surface area contributed by atoms with E-state index < -0.39 is 17.6 Å². The van der Waals surface area contributed by atoms with Crippen LogP contribution >= 0.6 is 0 Å². The van der Waals surface area contributed by atoms with E-state index in [-0.39, 0.29) is 24.4 Å². The fraction of sp³-hybridized carbons (Fsp3) is 0.429. The van der Waals surface area contributed by atoms with E-state index in [0.717, 1.165) is 12.1 Å². The normalized spacial score (nSPS) is 9.95. The van der Waals surface area contributed by atoms with Crippen molar-refractivity contribution < 1.29 is 18.3 Å². The third kappa shape index (κ3) is 3.92. The van der Waals surface area contributed by atoms with Crippen LogP contribution in [-0.2, 0) is 9.53 Å². The predicted molar refractivity (Wildman–Crippen MR) is 70.2 cm³/mol. The topological polar surface area (TPSA) is 53.3 Å². The van der Waals surface area contributed by atoms with Crippen molar-refractivity contribution in [2.75, 3.05) is 24.6 Å². The summed E-state index contributed by atoms with van der Waals surface area (Å²) in [6, 6.07) is 3.58. The number of nitrogens with zero attached hydrogens (tertiary/aromatic N) is 2. The van der Waals surface area contributed by atoms with Gasteiger partial charge in [0.2, 0.25) is 0 Å². The van der Waals surface area contributed by atoms with Gasteiger partial charge < -0.3 is 9.64 Å². The van der Waals surface area contributed by atoms with Gasteiger partial charge in [-0.1, -0.05) is 6.92 Å². The van der Waals surface area contributed by atoms with Crippen molar-refractivity contribution in [2.24, 2.45) is 0 Å². The number of benzene rings is 1. The summed E-state index contributed by atoms with van der Waals surface area (Å²) in [5.74, 6) is -2.28. The van der Waals surface area contributed by atoms with Gasteiger partial charge in [0.15, 0.2) is 11.6 Å². The molecule has 0 saturated heterocycles. The molecule has 1 rings (SSSR count). The van der Waals surface area contributed by atoms with Crippen LogP contribution in [0.3, 0.4) is 0 Å². The molecule has 20 heavy (non-hydrogen) atoms. The molecule has 0 atom stereocenters. The molecule has 1 aromatic rings. The Morgan fingerprint density at radius 3 is 2.40 bits per heavy atom. The molecule has 0 fully saturated rings. The van der Waals surface area contributed by atoms with E-state index in [4.69, 9.17) is 10.00 Å². The monoisotopic (exact) mass is 282 g/mol. The summed E-state index contributed by atoms with van der Waals surface area (Å²) in [5, 5.41) is 8.66. The quantitative estimate of drug-likeness (QED) is 0.753. The van der Waals surface area contributed by atoms with Gasteiger partial charge in [0.05, 0.1) is 18.2 Å². The molecule has 0 radical (unpaired) electrons. The van der Waals surface area contributed by atoms with Crippen LogP contribution in [0.1, 0.15) is 25.8 Å². The Morgan fingerprint density at radius 2 is 1.95 bits per heavy atom. The van der Waals surface area contributed by atoms with Gasteiger partial charge in [-0.05, 0) is 25.5 Å². The average molecular weight is 282 g/mol. The molecule has 0 spiro atoms. The van der Waals surface area contributed by atoms with Crippen molar-refractivity contribution in [3.8, 4) is 6.07 Å². The lowest BCUT2D eigenvalue weighted by molar-refractivity contribution is -0.141. The number of halogens is 2. The maximum absolute atomic E-state index is 13.9. The first-order chi connectivity index (χ1) is 9.53. The summed E-state index contributed by atoms with van der Waals surface area (Å²) < 4.78 is 32.6. The highest BCUT2D eigenvalue weighted by Gasteiger charge is 2.20. The summed E-state index contributed by atoms with van der Waals surface area (Å²) >= 11 is 0. The van der Waals surface area contributed by atoms with Gasteiger partial charge in [-0.2, -0.15) is 5.26 Å². The summed E-state index contributed by atoms with van der Waals surface area (Å²) in [4.78, 5) is 12.8. The smallest absolute Gasteiger partial charge is 0.325 e. The van der Waals surface area contributed by atoms with Crippen molar-refractivity contribution in [1.82, 2.24) is 0 Å². The van der Waals surface area contributed by atoms with Crippen LogP contribution < -0.4 is 4.90 Å². The molecule has 1 aromatic carbocycles. The maximum Gasteiger partial charge on any atom is 0.325 e. The maximum atomic E-state index is 13.9. The summed E-state index contributed by atoms with van der Waals surface area (Å²) in [7, 11) is 0. The van der Waals surface area contributed by atoms with E-state index >= 15 is 0 Å². The van der Waals surface area contributed by atoms with Gasteiger partial charge in [-0.25, -0.2) is 8.78 Å². The first-order valence-electron chi connectivity index (χ1n) is 6.33. The summed E-state index contributed by atoms with van der Waals surface area (Å²) in [6.45, 7) is 3.76. The molecule has 0 aromatic heterocycles. The molecule has 0 aliphatic rings. The molecule has 0 unspecified atom stereocenters. The van der Waals surface area contributed by atoms with Crippen molar-refractivity contribution in [3.05, 3.63) is 29.3 Å². The van der Waals surface area contributed by atoms with Crippen LogP contribution in [0.5, 0.6) is 0 Å². The van der Waals surface area contributed by atoms with Crippen LogP contribution in [0.4, 0.5) is 14.5 Å². The van der Waals surface area contributed by atoms with Gasteiger partial charge >= 0.3 is 5.97 Å². The molecule has 0 amide bonds. The van der Waals surface area contributed by atoms with Crippen molar-refractivity contribution in [1.29, 1.82) is 5.26 Å². The molecule has 0 aliphatic carbocycles. The Balaban J connectivity index is 3.09. The Labute approximate surface area is 116 Å². The second-order valence-corrected chi connectivity index (χ2v) is 4.13. The van der Waals surface area contributed by atoms with Crippen LogP contribution in [0, 0.1) is 23.0 Å². The fourth-order valence-electron chi connectivity index (χ4n) is 1.83. The van der Waals surface area contributed by atoms with E-state index in [1.807, 2.05) is 6.92 Å². The predicted octanol–water partition coefficient (Wildman–Crippen LogP) is 2.62. The zero-order valence-electron chi connectivity index (χ0n) is 11.4. The van der Waals surface area contributed by atoms with E-state index in [2.05, 4.69) is 0 Å². The minimum atomic E-state index is -0.862. The third-order valence-corrected chi connectivity index (χ3v) is 2.58. The second kappa shape index (κ2) is 7.43. The van der Waals surface area contributed by atoms with E-state index in [9.17, 15) is 13.6 Å². The summed E-state index contributed by atoms with van der Waals surface area (Å²) in [6.07, 6.45) is 0.609. The van der Waals surface area contributed by atoms with Gasteiger partial charge in [0, 0.05) is 6.54 Å². The van der Waals surface area contributed by atoms with E-state index in [1.54, 1.807) is 13.0 Å². The molecule has 4 nitrogen and oxygen atoms in total. The van der Waals surface area contributed by atoms with Crippen LogP contribution in [0.25, 0.3) is 0 Å². The van der Waals surface area contributed by atoms with Crippen LogP contribution in [0.15, 0.2) is 12.1 Å².